The largest absolute Gasteiger partial charge is 0.463 e. The van der Waals surface area contributed by atoms with E-state index in [0.717, 1.165) is 70.4 Å². The van der Waals surface area contributed by atoms with Crippen LogP contribution in [0.5, 0.6) is 6.01 Å². The lowest BCUT2D eigenvalue weighted by Crippen LogP contribution is -2.43. The lowest BCUT2D eigenvalue weighted by atomic mass is 10.2. The normalized spacial score (nSPS) is 17.4. The number of carbonyl (C=O) groups is 1. The molecule has 8 nitrogen and oxygen atoms in total. The molecule has 0 aliphatic carbocycles. The predicted octanol–water partition coefficient (Wildman–Crippen LogP) is 1.20. The van der Waals surface area contributed by atoms with Gasteiger partial charge in [0.05, 0.1) is 13.0 Å². The van der Waals surface area contributed by atoms with E-state index in [0.29, 0.717) is 24.8 Å². The van der Waals surface area contributed by atoms with Gasteiger partial charge in [-0.05, 0) is 25.8 Å². The standard InChI is InChI=1S/C19H32N6O2/c1-2-3-13-27-19-22-17(20)15-14-16(26)25(18(15)23-19)10-6-4-5-9-24-11-7-21-8-12-24/h21H,2-14H2,1H3,(H2,20,22,23). The maximum atomic E-state index is 12.4. The number of hydrogen-bond donors (Lipinski definition) is 2. The summed E-state index contributed by atoms with van der Waals surface area (Å²) in [5.41, 5.74) is 6.78. The maximum absolute atomic E-state index is 12.4. The van der Waals surface area contributed by atoms with Gasteiger partial charge in [0.15, 0.2) is 0 Å². The smallest absolute Gasteiger partial charge is 0.320 e. The molecule has 1 amide bonds. The number of aromatic nitrogens is 2. The number of piperazine rings is 1. The van der Waals surface area contributed by atoms with Crippen molar-refractivity contribution in [1.29, 1.82) is 0 Å². The van der Waals surface area contributed by atoms with E-state index in [4.69, 9.17) is 10.5 Å². The molecule has 0 bridgehead atoms. The minimum absolute atomic E-state index is 0.0545. The Kier molecular flexibility index (Phi) is 7.23. The highest BCUT2D eigenvalue weighted by molar-refractivity contribution is 6.01. The molecule has 150 valence electrons. The summed E-state index contributed by atoms with van der Waals surface area (Å²) in [5, 5.41) is 3.37. The van der Waals surface area contributed by atoms with Crippen molar-refractivity contribution in [3.05, 3.63) is 5.56 Å². The van der Waals surface area contributed by atoms with Crippen molar-refractivity contribution in [2.45, 2.75) is 45.4 Å². The van der Waals surface area contributed by atoms with E-state index in [2.05, 4.69) is 27.1 Å². The Hall–Kier alpha value is -1.93. The van der Waals surface area contributed by atoms with Gasteiger partial charge in [-0.25, -0.2) is 0 Å². The maximum Gasteiger partial charge on any atom is 0.320 e. The number of nitrogen functional groups attached to an aromatic ring is 1. The van der Waals surface area contributed by atoms with Crippen LogP contribution in [0.15, 0.2) is 0 Å². The molecule has 3 N–H and O–H groups in total. The molecule has 1 saturated heterocycles. The summed E-state index contributed by atoms with van der Waals surface area (Å²) in [4.78, 5) is 25.3. The van der Waals surface area contributed by atoms with Gasteiger partial charge < -0.3 is 20.7 Å². The number of nitrogens with zero attached hydrogens (tertiary/aromatic N) is 4. The molecule has 1 aromatic rings. The Balaban J connectivity index is 1.50. The molecule has 0 unspecified atom stereocenters. The van der Waals surface area contributed by atoms with E-state index < -0.39 is 0 Å². The Morgan fingerprint density at radius 2 is 1.89 bits per heavy atom. The summed E-state index contributed by atoms with van der Waals surface area (Å²) in [6, 6.07) is 0.276. The van der Waals surface area contributed by atoms with Gasteiger partial charge in [0.25, 0.3) is 0 Å². The van der Waals surface area contributed by atoms with Crippen molar-refractivity contribution in [2.24, 2.45) is 0 Å². The molecule has 3 rings (SSSR count). The molecule has 27 heavy (non-hydrogen) atoms. The molecule has 0 spiro atoms. The summed E-state index contributed by atoms with van der Waals surface area (Å²) in [5.74, 6) is 1.06. The molecule has 0 saturated carbocycles. The minimum atomic E-state index is 0.0545. The fraction of sp³-hybridized carbons (Fsp3) is 0.737. The third kappa shape index (κ3) is 5.29. The number of nitrogens with one attached hydrogen (secondary N) is 1. The van der Waals surface area contributed by atoms with Gasteiger partial charge in [-0.2, -0.15) is 9.97 Å². The molecule has 1 aromatic heterocycles. The van der Waals surface area contributed by atoms with Crippen LogP contribution in [-0.4, -0.2) is 66.7 Å². The summed E-state index contributed by atoms with van der Waals surface area (Å²) in [6.45, 7) is 8.92. The van der Waals surface area contributed by atoms with Crippen LogP contribution in [0.3, 0.4) is 0 Å². The second-order valence-electron chi connectivity index (χ2n) is 7.27. The Bertz CT molecular complexity index is 633. The van der Waals surface area contributed by atoms with Crippen molar-refractivity contribution in [3.63, 3.8) is 0 Å². The minimum Gasteiger partial charge on any atom is -0.463 e. The van der Waals surface area contributed by atoms with Crippen molar-refractivity contribution in [1.82, 2.24) is 20.2 Å². The van der Waals surface area contributed by atoms with E-state index in [-0.39, 0.29) is 18.3 Å². The first-order chi connectivity index (χ1) is 13.2. The first-order valence-corrected chi connectivity index (χ1v) is 10.2. The van der Waals surface area contributed by atoms with E-state index in [1.165, 1.54) is 0 Å². The van der Waals surface area contributed by atoms with Crippen LogP contribution in [0.1, 0.15) is 44.6 Å². The van der Waals surface area contributed by atoms with Crippen LogP contribution in [0.25, 0.3) is 0 Å². The third-order valence-electron chi connectivity index (χ3n) is 5.18. The Morgan fingerprint density at radius 3 is 2.67 bits per heavy atom. The SMILES string of the molecule is CCCCOc1nc(N)c2c(n1)N(CCCCCN1CCNCC1)C(=O)C2. The molecule has 0 atom stereocenters. The molecule has 8 heteroatoms. The number of amides is 1. The first-order valence-electron chi connectivity index (χ1n) is 10.2. The average molecular weight is 377 g/mol. The Morgan fingerprint density at radius 1 is 1.11 bits per heavy atom. The van der Waals surface area contributed by atoms with Crippen LogP contribution in [0, 0.1) is 0 Å². The van der Waals surface area contributed by atoms with Gasteiger partial charge in [-0.3, -0.25) is 9.69 Å². The molecule has 2 aliphatic heterocycles. The van der Waals surface area contributed by atoms with E-state index in [1.54, 1.807) is 4.90 Å². The Labute approximate surface area is 161 Å². The fourth-order valence-corrected chi connectivity index (χ4v) is 3.55. The van der Waals surface area contributed by atoms with Crippen molar-refractivity contribution >= 4 is 17.5 Å². The second-order valence-corrected chi connectivity index (χ2v) is 7.27. The van der Waals surface area contributed by atoms with Gasteiger partial charge in [0, 0.05) is 38.3 Å². The summed E-state index contributed by atoms with van der Waals surface area (Å²) < 4.78 is 5.60. The predicted molar refractivity (Wildman–Crippen MR) is 106 cm³/mol. The first kappa shape index (κ1) is 19.8. The lowest BCUT2D eigenvalue weighted by Gasteiger charge is -2.27. The van der Waals surface area contributed by atoms with Gasteiger partial charge in [-0.15, -0.1) is 0 Å². The summed E-state index contributed by atoms with van der Waals surface area (Å²) in [7, 11) is 0. The zero-order chi connectivity index (χ0) is 19.1. The highest BCUT2D eigenvalue weighted by Crippen LogP contribution is 2.32. The van der Waals surface area contributed by atoms with Crippen molar-refractivity contribution in [2.75, 3.05) is 56.5 Å². The number of rotatable bonds is 10. The van der Waals surface area contributed by atoms with Crippen molar-refractivity contribution < 1.29 is 9.53 Å². The van der Waals surface area contributed by atoms with Gasteiger partial charge in [0.1, 0.15) is 11.6 Å². The van der Waals surface area contributed by atoms with Crippen molar-refractivity contribution in [3.8, 4) is 6.01 Å². The van der Waals surface area contributed by atoms with Crippen LogP contribution in [0.2, 0.25) is 0 Å². The van der Waals surface area contributed by atoms with Gasteiger partial charge in [-0.1, -0.05) is 19.8 Å². The van der Waals surface area contributed by atoms with Crippen LogP contribution >= 0.6 is 0 Å². The van der Waals surface area contributed by atoms with E-state index in [1.807, 2.05) is 0 Å². The monoisotopic (exact) mass is 376 g/mol. The second kappa shape index (κ2) is 9.85. The lowest BCUT2D eigenvalue weighted by molar-refractivity contribution is -0.117. The number of nitrogens with two attached hydrogens (primary N) is 1. The molecule has 2 aliphatic rings. The molecule has 0 radical (unpaired) electrons. The number of unbranched alkanes of at least 4 members (excludes halogenated alkanes) is 3. The number of anilines is 2. The third-order valence-corrected chi connectivity index (χ3v) is 5.18. The fourth-order valence-electron chi connectivity index (χ4n) is 3.55. The molecule has 1 fully saturated rings. The highest BCUT2D eigenvalue weighted by Gasteiger charge is 2.31. The number of hydrogen-bond acceptors (Lipinski definition) is 7. The highest BCUT2D eigenvalue weighted by atomic mass is 16.5. The molecular weight excluding hydrogens is 344 g/mol. The van der Waals surface area contributed by atoms with E-state index in [9.17, 15) is 4.79 Å². The summed E-state index contributed by atoms with van der Waals surface area (Å²) in [6.07, 6.45) is 5.50. The molecule has 0 aromatic carbocycles. The average Bonchev–Trinajstić information content (AvgIpc) is 2.99. The zero-order valence-electron chi connectivity index (χ0n) is 16.4. The van der Waals surface area contributed by atoms with Crippen LogP contribution < -0.4 is 20.7 Å². The number of ether oxygens (including phenoxy) is 1. The topological polar surface area (TPSA) is 96.6 Å². The summed E-state index contributed by atoms with van der Waals surface area (Å²) >= 11 is 0. The quantitative estimate of drug-likeness (QED) is 0.592. The van der Waals surface area contributed by atoms with E-state index >= 15 is 0 Å². The molecule has 3 heterocycles. The molecular formula is C19H32N6O2. The number of fused-ring (bicyclic) bond motifs is 1. The van der Waals surface area contributed by atoms with Gasteiger partial charge >= 0.3 is 6.01 Å². The zero-order valence-corrected chi connectivity index (χ0v) is 16.4. The van der Waals surface area contributed by atoms with Gasteiger partial charge in [0.2, 0.25) is 5.91 Å². The number of carbonyl (C=O) groups excluding carboxylic acids is 1. The van der Waals surface area contributed by atoms with Crippen LogP contribution in [-0.2, 0) is 11.2 Å². The van der Waals surface area contributed by atoms with Crippen LogP contribution in [0.4, 0.5) is 11.6 Å².